The van der Waals surface area contributed by atoms with Crippen molar-refractivity contribution in [3.05, 3.63) is 35.9 Å². The fraction of sp³-hybridized carbons (Fsp3) is 0.526. The first-order valence-electron chi connectivity index (χ1n) is 8.54. The predicted octanol–water partition coefficient (Wildman–Crippen LogP) is 4.66. The van der Waals surface area contributed by atoms with Gasteiger partial charge in [-0.3, -0.25) is 4.99 Å². The number of aliphatic imine (C=N–C) groups is 1. The van der Waals surface area contributed by atoms with E-state index in [1.54, 1.807) is 0 Å². The van der Waals surface area contributed by atoms with Crippen LogP contribution in [0.4, 0.5) is 5.69 Å². The van der Waals surface area contributed by atoms with Gasteiger partial charge in [-0.15, -0.1) is 0 Å². The van der Waals surface area contributed by atoms with Gasteiger partial charge >= 0.3 is 0 Å². The molecule has 1 fully saturated rings. The molecule has 0 bridgehead atoms. The van der Waals surface area contributed by atoms with Gasteiger partial charge in [-0.05, 0) is 72.9 Å². The summed E-state index contributed by atoms with van der Waals surface area (Å²) in [6.45, 7) is 6.85. The van der Waals surface area contributed by atoms with Crippen LogP contribution >= 0.6 is 11.9 Å². The van der Waals surface area contributed by atoms with Crippen LogP contribution in [0.5, 0.6) is 0 Å². The number of nitrogens with zero attached hydrogens (tertiary/aromatic N) is 2. The van der Waals surface area contributed by atoms with Crippen molar-refractivity contribution in [3.8, 4) is 0 Å². The Hall–Kier alpha value is -1.26. The average molecular weight is 332 g/mol. The molecule has 0 saturated carbocycles. The lowest BCUT2D eigenvalue weighted by molar-refractivity contribution is 0.249. The standard InChI is InChI=1S/C19H29N3S/c1-4-5-17(14-21-3)15(2)16-10-12-22(13-11-16)23-19-8-6-18(20)7-9-19/h5-9,14-16H,4,10-13,20H2,1-3H3/b17-5+,21-14?. The zero-order valence-corrected chi connectivity index (χ0v) is 15.4. The number of hydrogen-bond donors (Lipinski definition) is 1. The molecule has 0 aliphatic carbocycles. The first kappa shape index (κ1) is 18.1. The van der Waals surface area contributed by atoms with Crippen LogP contribution in [0.15, 0.2) is 45.8 Å². The van der Waals surface area contributed by atoms with Crippen LogP contribution in [0.3, 0.4) is 0 Å². The van der Waals surface area contributed by atoms with Gasteiger partial charge in [0.15, 0.2) is 0 Å². The van der Waals surface area contributed by atoms with Gasteiger partial charge in [-0.2, -0.15) is 0 Å². The second-order valence-electron chi connectivity index (χ2n) is 6.22. The first-order chi connectivity index (χ1) is 11.1. The summed E-state index contributed by atoms with van der Waals surface area (Å²) < 4.78 is 2.48. The predicted molar refractivity (Wildman–Crippen MR) is 103 cm³/mol. The number of rotatable bonds is 6. The highest BCUT2D eigenvalue weighted by Crippen LogP contribution is 2.33. The quantitative estimate of drug-likeness (QED) is 0.468. The molecule has 1 heterocycles. The summed E-state index contributed by atoms with van der Waals surface area (Å²) in [7, 11) is 1.86. The minimum atomic E-state index is 0.599. The molecular formula is C19H29N3S. The summed E-state index contributed by atoms with van der Waals surface area (Å²) in [4.78, 5) is 5.50. The molecule has 3 nitrogen and oxygen atoms in total. The Balaban J connectivity index is 1.87. The lowest BCUT2D eigenvalue weighted by Crippen LogP contribution is -2.32. The van der Waals surface area contributed by atoms with Gasteiger partial charge in [-0.25, -0.2) is 4.31 Å². The van der Waals surface area contributed by atoms with E-state index in [-0.39, 0.29) is 0 Å². The van der Waals surface area contributed by atoms with Gasteiger partial charge in [-0.1, -0.05) is 19.9 Å². The van der Waals surface area contributed by atoms with Crippen molar-refractivity contribution in [2.24, 2.45) is 16.8 Å². The van der Waals surface area contributed by atoms with E-state index in [9.17, 15) is 0 Å². The minimum absolute atomic E-state index is 0.599. The number of piperidine rings is 1. The molecule has 1 atom stereocenters. The van der Waals surface area contributed by atoms with Crippen LogP contribution < -0.4 is 5.73 Å². The largest absolute Gasteiger partial charge is 0.399 e. The molecular weight excluding hydrogens is 302 g/mol. The molecule has 23 heavy (non-hydrogen) atoms. The molecule has 1 aliphatic rings. The third-order valence-corrected chi connectivity index (χ3v) is 5.67. The highest BCUT2D eigenvalue weighted by molar-refractivity contribution is 7.97. The summed E-state index contributed by atoms with van der Waals surface area (Å²) in [5.74, 6) is 1.36. The Kier molecular flexibility index (Phi) is 7.18. The van der Waals surface area contributed by atoms with Gasteiger partial charge in [0, 0.05) is 36.9 Å². The van der Waals surface area contributed by atoms with E-state index in [4.69, 9.17) is 5.73 Å². The smallest absolute Gasteiger partial charge is 0.0314 e. The Morgan fingerprint density at radius 1 is 1.35 bits per heavy atom. The third-order valence-electron chi connectivity index (χ3n) is 4.56. The molecule has 2 N–H and O–H groups in total. The fourth-order valence-electron chi connectivity index (χ4n) is 3.16. The van der Waals surface area contributed by atoms with E-state index in [0.717, 1.165) is 31.1 Å². The summed E-state index contributed by atoms with van der Waals surface area (Å²) in [5.41, 5.74) is 7.98. The second-order valence-corrected chi connectivity index (χ2v) is 7.39. The summed E-state index contributed by atoms with van der Waals surface area (Å²) in [5, 5.41) is 0. The first-order valence-corrected chi connectivity index (χ1v) is 9.32. The lowest BCUT2D eigenvalue weighted by Gasteiger charge is -2.34. The van der Waals surface area contributed by atoms with Gasteiger partial charge < -0.3 is 5.73 Å². The van der Waals surface area contributed by atoms with Crippen LogP contribution in [0.25, 0.3) is 0 Å². The van der Waals surface area contributed by atoms with Crippen LogP contribution in [-0.2, 0) is 0 Å². The molecule has 0 aromatic heterocycles. The normalized spacial score (nSPS) is 19.3. The van der Waals surface area contributed by atoms with Gasteiger partial charge in [0.05, 0.1) is 0 Å². The molecule has 1 saturated heterocycles. The Morgan fingerprint density at radius 3 is 2.57 bits per heavy atom. The van der Waals surface area contributed by atoms with E-state index in [1.165, 1.54) is 23.3 Å². The minimum Gasteiger partial charge on any atom is -0.399 e. The monoisotopic (exact) mass is 331 g/mol. The van der Waals surface area contributed by atoms with E-state index >= 15 is 0 Å². The summed E-state index contributed by atoms with van der Waals surface area (Å²) >= 11 is 1.85. The van der Waals surface area contributed by atoms with E-state index in [2.05, 4.69) is 41.4 Å². The van der Waals surface area contributed by atoms with Crippen LogP contribution in [0.2, 0.25) is 0 Å². The molecule has 0 amide bonds. The molecule has 1 aromatic carbocycles. The highest BCUT2D eigenvalue weighted by atomic mass is 32.2. The summed E-state index contributed by atoms with van der Waals surface area (Å²) in [6, 6.07) is 8.16. The maximum Gasteiger partial charge on any atom is 0.0314 e. The number of anilines is 1. The average Bonchev–Trinajstić information content (AvgIpc) is 2.57. The van der Waals surface area contributed by atoms with Crippen molar-refractivity contribution in [1.29, 1.82) is 0 Å². The number of benzene rings is 1. The maximum atomic E-state index is 5.75. The van der Waals surface area contributed by atoms with Crippen molar-refractivity contribution >= 4 is 23.8 Å². The topological polar surface area (TPSA) is 41.6 Å². The molecule has 2 rings (SSSR count). The van der Waals surface area contributed by atoms with Crippen LogP contribution in [0, 0.1) is 11.8 Å². The number of hydrogen-bond acceptors (Lipinski definition) is 4. The maximum absolute atomic E-state index is 5.75. The van der Waals surface area contributed by atoms with Crippen LogP contribution in [-0.4, -0.2) is 30.7 Å². The number of allylic oxidation sites excluding steroid dienone is 2. The van der Waals surface area contributed by atoms with Crippen molar-refractivity contribution in [2.45, 2.75) is 38.0 Å². The second kappa shape index (κ2) is 9.14. The third kappa shape index (κ3) is 5.40. The zero-order valence-electron chi connectivity index (χ0n) is 14.5. The van der Waals surface area contributed by atoms with Gasteiger partial charge in [0.2, 0.25) is 0 Å². The summed E-state index contributed by atoms with van der Waals surface area (Å²) in [6.07, 6.45) is 7.96. The number of nitrogens with two attached hydrogens (primary N) is 1. The van der Waals surface area contributed by atoms with Gasteiger partial charge in [0.1, 0.15) is 0 Å². The molecule has 4 heteroatoms. The van der Waals surface area contributed by atoms with Crippen molar-refractivity contribution in [2.75, 3.05) is 25.9 Å². The van der Waals surface area contributed by atoms with Crippen molar-refractivity contribution in [1.82, 2.24) is 4.31 Å². The molecule has 1 aliphatic heterocycles. The zero-order chi connectivity index (χ0) is 16.7. The molecule has 0 radical (unpaired) electrons. The Labute approximate surface area is 145 Å². The Morgan fingerprint density at radius 2 is 2.00 bits per heavy atom. The van der Waals surface area contributed by atoms with E-state index < -0.39 is 0 Å². The van der Waals surface area contributed by atoms with Gasteiger partial charge in [0.25, 0.3) is 0 Å². The molecule has 0 spiro atoms. The highest BCUT2D eigenvalue weighted by Gasteiger charge is 2.25. The van der Waals surface area contributed by atoms with E-state index in [0.29, 0.717) is 5.92 Å². The lowest BCUT2D eigenvalue weighted by atomic mass is 9.81. The van der Waals surface area contributed by atoms with Crippen LogP contribution in [0.1, 0.15) is 33.1 Å². The SMILES string of the molecule is CC/C=C(\C=NC)C(C)C1CCN(Sc2ccc(N)cc2)CC1. The molecule has 1 aromatic rings. The Bertz CT molecular complexity index is 528. The number of nitrogen functional groups attached to an aromatic ring is 1. The van der Waals surface area contributed by atoms with E-state index in [1.807, 2.05) is 37.3 Å². The molecule has 1 unspecified atom stereocenters. The molecule has 126 valence electrons. The van der Waals surface area contributed by atoms with Crippen molar-refractivity contribution in [3.63, 3.8) is 0 Å². The fourth-order valence-corrected chi connectivity index (χ4v) is 4.11. The van der Waals surface area contributed by atoms with Crippen molar-refractivity contribution < 1.29 is 0 Å².